The van der Waals surface area contributed by atoms with Gasteiger partial charge in [0.15, 0.2) is 0 Å². The summed E-state index contributed by atoms with van der Waals surface area (Å²) in [7, 11) is 0. The largest absolute Gasteiger partial charge is 0.376 e. The average Bonchev–Trinajstić information content (AvgIpc) is 3.19. The molecule has 1 aromatic carbocycles. The van der Waals surface area contributed by atoms with E-state index in [-0.39, 0.29) is 12.0 Å². The van der Waals surface area contributed by atoms with Crippen LogP contribution in [0.1, 0.15) is 28.8 Å². The molecule has 26 heavy (non-hydrogen) atoms. The Kier molecular flexibility index (Phi) is 4.63. The van der Waals surface area contributed by atoms with Gasteiger partial charge in [-0.1, -0.05) is 11.6 Å². The molecule has 1 atom stereocenters. The highest BCUT2D eigenvalue weighted by Gasteiger charge is 2.19. The van der Waals surface area contributed by atoms with Gasteiger partial charge < -0.3 is 10.1 Å². The van der Waals surface area contributed by atoms with Crippen LogP contribution in [0.15, 0.2) is 48.8 Å². The Balaban J connectivity index is 1.72. The third-order valence-corrected chi connectivity index (χ3v) is 4.68. The zero-order chi connectivity index (χ0) is 17.9. The van der Waals surface area contributed by atoms with Crippen LogP contribution in [0.3, 0.4) is 0 Å². The standard InChI is InChI=1S/C21H21N3O2/c1-14-6-7-19-17(10-14)18(21(25)23-13-16-5-3-9-26-16)11-20(24-19)15-4-2-8-22-12-15/h2,4,6-8,10-12,16H,3,5,9,13H2,1H3,(H,23,25)/t16-/m0/s1. The number of carbonyl (C=O) groups excluding carboxylic acids is 1. The maximum Gasteiger partial charge on any atom is 0.252 e. The van der Waals surface area contributed by atoms with Crippen LogP contribution in [0.4, 0.5) is 0 Å². The molecule has 1 aliphatic heterocycles. The summed E-state index contributed by atoms with van der Waals surface area (Å²) in [5.41, 5.74) is 4.18. The molecule has 0 spiro atoms. The van der Waals surface area contributed by atoms with E-state index in [2.05, 4.69) is 10.3 Å². The Labute approximate surface area is 152 Å². The average molecular weight is 347 g/mol. The van der Waals surface area contributed by atoms with Crippen LogP contribution in [-0.4, -0.2) is 35.1 Å². The summed E-state index contributed by atoms with van der Waals surface area (Å²) in [4.78, 5) is 21.8. The number of hydrogen-bond donors (Lipinski definition) is 1. The molecular weight excluding hydrogens is 326 g/mol. The van der Waals surface area contributed by atoms with E-state index in [1.54, 1.807) is 12.4 Å². The van der Waals surface area contributed by atoms with Gasteiger partial charge in [-0.25, -0.2) is 4.98 Å². The lowest BCUT2D eigenvalue weighted by atomic mass is 10.0. The molecule has 0 unspecified atom stereocenters. The fourth-order valence-corrected chi connectivity index (χ4v) is 3.30. The van der Waals surface area contributed by atoms with E-state index in [0.29, 0.717) is 12.1 Å². The van der Waals surface area contributed by atoms with Crippen LogP contribution < -0.4 is 5.32 Å². The van der Waals surface area contributed by atoms with Gasteiger partial charge in [0.2, 0.25) is 0 Å². The van der Waals surface area contributed by atoms with E-state index in [0.717, 1.165) is 47.2 Å². The van der Waals surface area contributed by atoms with Gasteiger partial charge in [-0.15, -0.1) is 0 Å². The lowest BCUT2D eigenvalue weighted by Gasteiger charge is -2.13. The first kappa shape index (κ1) is 16.7. The van der Waals surface area contributed by atoms with Crippen molar-refractivity contribution < 1.29 is 9.53 Å². The molecule has 4 rings (SSSR count). The van der Waals surface area contributed by atoms with Crippen molar-refractivity contribution >= 4 is 16.8 Å². The Morgan fingerprint density at radius 1 is 1.31 bits per heavy atom. The molecule has 1 amide bonds. The van der Waals surface area contributed by atoms with E-state index in [1.165, 1.54) is 0 Å². The Bertz CT molecular complexity index is 935. The molecule has 0 saturated carbocycles. The van der Waals surface area contributed by atoms with Crippen LogP contribution in [0.5, 0.6) is 0 Å². The van der Waals surface area contributed by atoms with Crippen molar-refractivity contribution in [2.75, 3.05) is 13.2 Å². The topological polar surface area (TPSA) is 64.1 Å². The molecule has 132 valence electrons. The highest BCUT2D eigenvalue weighted by molar-refractivity contribution is 6.07. The Morgan fingerprint density at radius 3 is 3.00 bits per heavy atom. The van der Waals surface area contributed by atoms with Gasteiger partial charge in [0.05, 0.1) is 22.9 Å². The minimum absolute atomic E-state index is 0.0939. The van der Waals surface area contributed by atoms with Crippen molar-refractivity contribution in [3.05, 3.63) is 59.9 Å². The van der Waals surface area contributed by atoms with E-state index < -0.39 is 0 Å². The molecule has 0 radical (unpaired) electrons. The minimum atomic E-state index is -0.0939. The van der Waals surface area contributed by atoms with Gasteiger partial charge in [-0.2, -0.15) is 0 Å². The second-order valence-corrected chi connectivity index (χ2v) is 6.66. The van der Waals surface area contributed by atoms with Gasteiger partial charge in [0.1, 0.15) is 0 Å². The lowest BCUT2D eigenvalue weighted by Crippen LogP contribution is -2.32. The number of nitrogens with zero attached hydrogens (tertiary/aromatic N) is 2. The first-order valence-corrected chi connectivity index (χ1v) is 8.92. The van der Waals surface area contributed by atoms with Crippen LogP contribution in [0.25, 0.3) is 22.2 Å². The summed E-state index contributed by atoms with van der Waals surface area (Å²) >= 11 is 0. The molecule has 5 nitrogen and oxygen atoms in total. The van der Waals surface area contributed by atoms with Crippen molar-refractivity contribution in [1.82, 2.24) is 15.3 Å². The second-order valence-electron chi connectivity index (χ2n) is 6.66. The van der Waals surface area contributed by atoms with Gasteiger partial charge in [-0.3, -0.25) is 9.78 Å². The van der Waals surface area contributed by atoms with Gasteiger partial charge >= 0.3 is 0 Å². The first-order chi connectivity index (χ1) is 12.7. The SMILES string of the molecule is Cc1ccc2nc(-c3cccnc3)cc(C(=O)NC[C@@H]3CCCO3)c2c1. The Hall–Kier alpha value is -2.79. The zero-order valence-corrected chi connectivity index (χ0v) is 14.7. The summed E-state index contributed by atoms with van der Waals surface area (Å²) in [5.74, 6) is -0.0939. The van der Waals surface area contributed by atoms with Crippen LogP contribution in [0.2, 0.25) is 0 Å². The Morgan fingerprint density at radius 2 is 2.23 bits per heavy atom. The minimum Gasteiger partial charge on any atom is -0.376 e. The number of benzene rings is 1. The first-order valence-electron chi connectivity index (χ1n) is 8.92. The lowest BCUT2D eigenvalue weighted by molar-refractivity contribution is 0.0859. The molecule has 1 saturated heterocycles. The van der Waals surface area contributed by atoms with E-state index in [4.69, 9.17) is 9.72 Å². The smallest absolute Gasteiger partial charge is 0.252 e. The van der Waals surface area contributed by atoms with Crippen molar-refractivity contribution in [2.24, 2.45) is 0 Å². The van der Waals surface area contributed by atoms with Crippen LogP contribution >= 0.6 is 0 Å². The quantitative estimate of drug-likeness (QED) is 0.784. The fourth-order valence-electron chi connectivity index (χ4n) is 3.30. The monoisotopic (exact) mass is 347 g/mol. The molecule has 0 aliphatic carbocycles. The predicted molar refractivity (Wildman–Crippen MR) is 101 cm³/mol. The summed E-state index contributed by atoms with van der Waals surface area (Å²) in [6.45, 7) is 3.34. The number of ether oxygens (including phenoxy) is 1. The molecular formula is C21H21N3O2. The third kappa shape index (κ3) is 3.44. The molecule has 1 fully saturated rings. The fraction of sp³-hybridized carbons (Fsp3) is 0.286. The molecule has 3 heterocycles. The number of hydrogen-bond acceptors (Lipinski definition) is 4. The van der Waals surface area contributed by atoms with Gasteiger partial charge in [0.25, 0.3) is 5.91 Å². The number of aryl methyl sites for hydroxylation is 1. The molecule has 1 aliphatic rings. The number of aromatic nitrogens is 2. The summed E-state index contributed by atoms with van der Waals surface area (Å²) < 4.78 is 5.60. The molecule has 5 heteroatoms. The summed E-state index contributed by atoms with van der Waals surface area (Å²) in [6, 6.07) is 11.6. The van der Waals surface area contributed by atoms with E-state index >= 15 is 0 Å². The maximum atomic E-state index is 12.9. The summed E-state index contributed by atoms with van der Waals surface area (Å²) in [6.07, 6.45) is 5.66. The second kappa shape index (κ2) is 7.22. The highest BCUT2D eigenvalue weighted by Crippen LogP contribution is 2.25. The summed E-state index contributed by atoms with van der Waals surface area (Å²) in [5, 5.41) is 3.89. The van der Waals surface area contributed by atoms with Crippen molar-refractivity contribution in [3.63, 3.8) is 0 Å². The number of amides is 1. The van der Waals surface area contributed by atoms with Gasteiger partial charge in [0, 0.05) is 36.5 Å². The molecule has 3 aromatic rings. The van der Waals surface area contributed by atoms with E-state index in [9.17, 15) is 4.79 Å². The van der Waals surface area contributed by atoms with Crippen LogP contribution in [-0.2, 0) is 4.74 Å². The van der Waals surface area contributed by atoms with Crippen LogP contribution in [0, 0.1) is 6.92 Å². The predicted octanol–water partition coefficient (Wildman–Crippen LogP) is 3.51. The normalized spacial score (nSPS) is 16.7. The van der Waals surface area contributed by atoms with E-state index in [1.807, 2.05) is 43.3 Å². The molecule has 1 N–H and O–H groups in total. The third-order valence-electron chi connectivity index (χ3n) is 4.68. The van der Waals surface area contributed by atoms with Crippen molar-refractivity contribution in [1.29, 1.82) is 0 Å². The number of rotatable bonds is 4. The maximum absolute atomic E-state index is 12.9. The number of nitrogens with one attached hydrogen (secondary N) is 1. The number of pyridine rings is 2. The number of fused-ring (bicyclic) bond motifs is 1. The number of carbonyl (C=O) groups is 1. The van der Waals surface area contributed by atoms with Crippen molar-refractivity contribution in [2.45, 2.75) is 25.9 Å². The van der Waals surface area contributed by atoms with Gasteiger partial charge in [-0.05, 0) is 50.1 Å². The zero-order valence-electron chi connectivity index (χ0n) is 14.7. The highest BCUT2D eigenvalue weighted by atomic mass is 16.5. The van der Waals surface area contributed by atoms with Crippen molar-refractivity contribution in [3.8, 4) is 11.3 Å². The molecule has 0 bridgehead atoms. The molecule has 2 aromatic heterocycles.